The Bertz CT molecular complexity index is 699. The van der Waals surface area contributed by atoms with Gasteiger partial charge in [0.1, 0.15) is 4.90 Å². The number of aromatic nitrogens is 1. The second-order valence-electron chi connectivity index (χ2n) is 6.41. The van der Waals surface area contributed by atoms with E-state index in [1.807, 2.05) is 20.8 Å². The normalized spacial score (nSPS) is 24.2. The summed E-state index contributed by atoms with van der Waals surface area (Å²) >= 11 is 0. The third-order valence-corrected chi connectivity index (χ3v) is 5.93. The first kappa shape index (κ1) is 16.7. The minimum Gasteiger partial charge on any atom is -0.480 e. The van der Waals surface area contributed by atoms with Crippen LogP contribution >= 0.6 is 0 Å². The van der Waals surface area contributed by atoms with E-state index in [9.17, 15) is 13.2 Å². The predicted octanol–water partition coefficient (Wildman–Crippen LogP) is 1.89. The number of sulfonamides is 1. The van der Waals surface area contributed by atoms with Crippen LogP contribution in [0.1, 0.15) is 32.8 Å². The van der Waals surface area contributed by atoms with Crippen LogP contribution in [-0.4, -0.2) is 26.4 Å². The molecule has 1 aliphatic carbocycles. The van der Waals surface area contributed by atoms with Crippen LogP contribution in [0.3, 0.4) is 0 Å². The summed E-state index contributed by atoms with van der Waals surface area (Å²) in [7, 11) is -2.65. The summed E-state index contributed by atoms with van der Waals surface area (Å²) in [5.74, 6) is -0.430. The number of rotatable bonds is 5. The molecule has 1 N–H and O–H groups in total. The quantitative estimate of drug-likeness (QED) is 0.893. The van der Waals surface area contributed by atoms with Gasteiger partial charge in [0, 0.05) is 12.1 Å². The Morgan fingerprint density at radius 2 is 2.14 bits per heavy atom. The van der Waals surface area contributed by atoms with Gasteiger partial charge in [0.25, 0.3) is 10.0 Å². The molecule has 6 nitrogen and oxygen atoms in total. The minimum absolute atomic E-state index is 0.0201. The van der Waals surface area contributed by atoms with Crippen LogP contribution in [0.2, 0.25) is 0 Å². The highest BCUT2D eigenvalue weighted by Gasteiger charge is 2.56. The highest BCUT2D eigenvalue weighted by atomic mass is 32.2. The maximum atomic E-state index is 12.4. The van der Waals surface area contributed by atoms with Crippen LogP contribution < -0.4 is 9.46 Å². The van der Waals surface area contributed by atoms with Gasteiger partial charge >= 0.3 is 0 Å². The SMILES string of the molecule is COc1ncc(C)cc1S(=O)(=O)NC(=O)C1CC1(C)C(C)C. The zero-order chi connectivity index (χ0) is 16.7. The molecule has 0 bridgehead atoms. The Balaban J connectivity index is 2.23. The van der Waals surface area contributed by atoms with E-state index in [-0.39, 0.29) is 22.1 Å². The van der Waals surface area contributed by atoms with E-state index in [1.165, 1.54) is 19.4 Å². The molecule has 1 fully saturated rings. The fourth-order valence-corrected chi connectivity index (χ4v) is 3.77. The smallest absolute Gasteiger partial charge is 0.269 e. The fraction of sp³-hybridized carbons (Fsp3) is 0.600. The number of carbonyl (C=O) groups is 1. The van der Waals surface area contributed by atoms with Gasteiger partial charge in [-0.2, -0.15) is 0 Å². The molecular formula is C15H22N2O4S. The Kier molecular flexibility index (Phi) is 4.21. The summed E-state index contributed by atoms with van der Waals surface area (Å²) in [5, 5.41) is 0. The van der Waals surface area contributed by atoms with Gasteiger partial charge in [-0.05, 0) is 36.3 Å². The van der Waals surface area contributed by atoms with Gasteiger partial charge in [-0.3, -0.25) is 4.79 Å². The van der Waals surface area contributed by atoms with Gasteiger partial charge in [-0.15, -0.1) is 0 Å². The van der Waals surface area contributed by atoms with Crippen molar-refractivity contribution in [3.63, 3.8) is 0 Å². The summed E-state index contributed by atoms with van der Waals surface area (Å²) in [4.78, 5) is 16.1. The lowest BCUT2D eigenvalue weighted by Gasteiger charge is -2.16. The lowest BCUT2D eigenvalue weighted by Crippen LogP contribution is -2.34. The highest BCUT2D eigenvalue weighted by Crippen LogP contribution is 2.57. The largest absolute Gasteiger partial charge is 0.480 e. The molecule has 1 aromatic rings. The Morgan fingerprint density at radius 1 is 1.50 bits per heavy atom. The number of ether oxygens (including phenoxy) is 1. The van der Waals surface area contributed by atoms with E-state index in [0.717, 1.165) is 0 Å². The van der Waals surface area contributed by atoms with E-state index >= 15 is 0 Å². The summed E-state index contributed by atoms with van der Waals surface area (Å²) in [6.07, 6.45) is 2.21. The summed E-state index contributed by atoms with van der Waals surface area (Å²) in [5.41, 5.74) is 0.543. The molecular weight excluding hydrogens is 304 g/mol. The van der Waals surface area contributed by atoms with Crippen molar-refractivity contribution in [2.75, 3.05) is 7.11 Å². The molecule has 1 saturated carbocycles. The number of carbonyl (C=O) groups excluding carboxylic acids is 1. The van der Waals surface area contributed by atoms with Crippen molar-refractivity contribution in [1.29, 1.82) is 0 Å². The van der Waals surface area contributed by atoms with Gasteiger partial charge in [0.2, 0.25) is 11.8 Å². The Hall–Kier alpha value is -1.63. The van der Waals surface area contributed by atoms with Crippen molar-refractivity contribution >= 4 is 15.9 Å². The minimum atomic E-state index is -3.99. The van der Waals surface area contributed by atoms with E-state index in [4.69, 9.17) is 4.74 Å². The fourth-order valence-electron chi connectivity index (χ4n) is 2.55. The third-order valence-electron chi connectivity index (χ3n) is 4.59. The van der Waals surface area contributed by atoms with Crippen molar-refractivity contribution < 1.29 is 17.9 Å². The molecule has 1 amide bonds. The number of pyridine rings is 1. The molecule has 1 aliphatic rings. The number of nitrogens with one attached hydrogen (secondary N) is 1. The van der Waals surface area contributed by atoms with Gasteiger partial charge < -0.3 is 4.74 Å². The lowest BCUT2D eigenvalue weighted by atomic mass is 9.92. The molecule has 0 saturated heterocycles. The molecule has 0 aliphatic heterocycles. The molecule has 2 atom stereocenters. The van der Waals surface area contributed by atoms with Crippen molar-refractivity contribution in [3.05, 3.63) is 17.8 Å². The van der Waals surface area contributed by atoms with Crippen molar-refractivity contribution in [3.8, 4) is 5.88 Å². The van der Waals surface area contributed by atoms with Crippen LogP contribution in [-0.2, 0) is 14.8 Å². The summed E-state index contributed by atoms with van der Waals surface area (Å²) in [6, 6.07) is 1.44. The van der Waals surface area contributed by atoms with Gasteiger partial charge in [-0.25, -0.2) is 18.1 Å². The zero-order valence-corrected chi connectivity index (χ0v) is 14.3. The molecule has 22 heavy (non-hydrogen) atoms. The van der Waals surface area contributed by atoms with E-state index in [0.29, 0.717) is 17.9 Å². The zero-order valence-electron chi connectivity index (χ0n) is 13.5. The first-order chi connectivity index (χ1) is 10.1. The maximum absolute atomic E-state index is 12.4. The lowest BCUT2D eigenvalue weighted by molar-refractivity contribution is -0.121. The molecule has 0 radical (unpaired) electrons. The number of hydrogen-bond acceptors (Lipinski definition) is 5. The molecule has 122 valence electrons. The topological polar surface area (TPSA) is 85.4 Å². The monoisotopic (exact) mass is 326 g/mol. The molecule has 0 aromatic carbocycles. The van der Waals surface area contributed by atoms with E-state index in [1.54, 1.807) is 6.92 Å². The summed E-state index contributed by atoms with van der Waals surface area (Å²) in [6.45, 7) is 7.80. The van der Waals surface area contributed by atoms with Gasteiger partial charge in [0.15, 0.2) is 0 Å². The van der Waals surface area contributed by atoms with Crippen LogP contribution in [0, 0.1) is 24.2 Å². The van der Waals surface area contributed by atoms with Crippen molar-refractivity contribution in [2.45, 2.75) is 39.0 Å². The van der Waals surface area contributed by atoms with E-state index in [2.05, 4.69) is 9.71 Å². The Morgan fingerprint density at radius 3 is 2.64 bits per heavy atom. The molecule has 0 spiro atoms. The second-order valence-corrected chi connectivity index (χ2v) is 8.06. The number of methoxy groups -OCH3 is 1. The summed E-state index contributed by atoms with van der Waals surface area (Å²) < 4.78 is 32.0. The second kappa shape index (κ2) is 5.53. The highest BCUT2D eigenvalue weighted by molar-refractivity contribution is 7.90. The van der Waals surface area contributed by atoms with Crippen LogP contribution in [0.4, 0.5) is 0 Å². The standard InChI is InChI=1S/C15H22N2O4S/c1-9(2)15(4)7-11(15)13(18)17-22(19,20)12-6-10(3)8-16-14(12)21-5/h6,8-9,11H,7H2,1-5H3,(H,17,18). The maximum Gasteiger partial charge on any atom is 0.269 e. The van der Waals surface area contributed by atoms with Crippen LogP contribution in [0.15, 0.2) is 17.2 Å². The first-order valence-electron chi connectivity index (χ1n) is 7.19. The molecule has 1 heterocycles. The van der Waals surface area contributed by atoms with E-state index < -0.39 is 15.9 Å². The average molecular weight is 326 g/mol. The first-order valence-corrected chi connectivity index (χ1v) is 8.67. The van der Waals surface area contributed by atoms with Crippen molar-refractivity contribution in [2.24, 2.45) is 17.3 Å². The predicted molar refractivity (Wildman–Crippen MR) is 81.9 cm³/mol. The Labute approximate surface area is 131 Å². The van der Waals surface area contributed by atoms with Gasteiger partial charge in [0.05, 0.1) is 7.11 Å². The number of nitrogens with zero attached hydrogens (tertiary/aromatic N) is 1. The number of hydrogen-bond donors (Lipinski definition) is 1. The van der Waals surface area contributed by atoms with Crippen LogP contribution in [0.25, 0.3) is 0 Å². The molecule has 2 rings (SSSR count). The molecule has 2 unspecified atom stereocenters. The molecule has 7 heteroatoms. The number of aryl methyl sites for hydroxylation is 1. The number of amides is 1. The van der Waals surface area contributed by atoms with Crippen LogP contribution in [0.5, 0.6) is 5.88 Å². The third kappa shape index (κ3) is 2.95. The van der Waals surface area contributed by atoms with Crippen molar-refractivity contribution in [1.82, 2.24) is 9.71 Å². The average Bonchev–Trinajstić information content (AvgIpc) is 3.12. The van der Waals surface area contributed by atoms with Gasteiger partial charge in [-0.1, -0.05) is 20.8 Å². The molecule has 1 aromatic heterocycles.